The van der Waals surface area contributed by atoms with E-state index in [4.69, 9.17) is 10.2 Å². The maximum Gasteiger partial charge on any atom is 0.282 e. The van der Waals surface area contributed by atoms with Gasteiger partial charge in [-0.1, -0.05) is 12.1 Å². The van der Waals surface area contributed by atoms with Crippen LogP contribution in [-0.2, 0) is 10.0 Å². The molecule has 108 valence electrons. The largest absolute Gasteiger partial charge is 0.390 e. The first-order valence-corrected chi connectivity index (χ1v) is 7.05. The lowest BCUT2D eigenvalue weighted by atomic mass is 10.1. The summed E-state index contributed by atoms with van der Waals surface area (Å²) >= 11 is 0. The van der Waals surface area contributed by atoms with Crippen molar-refractivity contribution in [2.45, 2.75) is 23.8 Å². The Morgan fingerprint density at radius 3 is 2.32 bits per heavy atom. The molecular formula is C11H16F2N2O3S. The quantitative estimate of drug-likeness (QED) is 0.717. The van der Waals surface area contributed by atoms with Crippen LogP contribution in [0.25, 0.3) is 0 Å². The van der Waals surface area contributed by atoms with Crippen molar-refractivity contribution in [2.75, 3.05) is 13.2 Å². The first-order chi connectivity index (χ1) is 8.65. The van der Waals surface area contributed by atoms with Crippen LogP contribution in [0.1, 0.15) is 18.5 Å². The van der Waals surface area contributed by atoms with E-state index in [9.17, 15) is 17.2 Å². The zero-order chi connectivity index (χ0) is 14.7. The highest BCUT2D eigenvalue weighted by Crippen LogP contribution is 2.17. The Morgan fingerprint density at radius 1 is 1.37 bits per heavy atom. The highest BCUT2D eigenvalue weighted by Gasteiger charge is 2.27. The number of benzene rings is 1. The maximum absolute atomic E-state index is 12.8. The first-order valence-electron chi connectivity index (χ1n) is 5.50. The summed E-state index contributed by atoms with van der Waals surface area (Å²) in [6.07, 6.45) is 0. The molecule has 0 bridgehead atoms. The van der Waals surface area contributed by atoms with E-state index in [2.05, 4.69) is 5.32 Å². The minimum Gasteiger partial charge on any atom is -0.390 e. The van der Waals surface area contributed by atoms with Crippen LogP contribution in [0.5, 0.6) is 0 Å². The number of aliphatic hydroxyl groups is 1. The Balaban J connectivity index is 2.71. The topological polar surface area (TPSA) is 92.4 Å². The summed E-state index contributed by atoms with van der Waals surface area (Å²) in [5, 5.41) is 15.9. The monoisotopic (exact) mass is 294 g/mol. The molecule has 1 rings (SSSR count). The van der Waals surface area contributed by atoms with E-state index in [-0.39, 0.29) is 4.90 Å². The molecule has 0 heterocycles. The van der Waals surface area contributed by atoms with Gasteiger partial charge in [0.05, 0.1) is 11.4 Å². The smallest absolute Gasteiger partial charge is 0.282 e. The van der Waals surface area contributed by atoms with Gasteiger partial charge in [0.25, 0.3) is 5.92 Å². The van der Waals surface area contributed by atoms with Crippen LogP contribution in [-0.4, -0.2) is 32.6 Å². The SMILES string of the molecule is CC(NCC(F)(F)CO)c1ccc(S(N)(=O)=O)cc1. The third kappa shape index (κ3) is 4.83. The van der Waals surface area contributed by atoms with Crippen LogP contribution in [0, 0.1) is 0 Å². The molecule has 0 saturated carbocycles. The van der Waals surface area contributed by atoms with E-state index in [0.717, 1.165) is 0 Å². The van der Waals surface area contributed by atoms with Gasteiger partial charge in [-0.25, -0.2) is 22.3 Å². The summed E-state index contributed by atoms with van der Waals surface area (Å²) in [6, 6.07) is 5.20. The Labute approximate surface area is 110 Å². The van der Waals surface area contributed by atoms with E-state index in [1.54, 1.807) is 6.92 Å². The van der Waals surface area contributed by atoms with Gasteiger partial charge in [0, 0.05) is 6.04 Å². The Kier molecular flexibility index (Phi) is 4.97. The number of hydrogen-bond donors (Lipinski definition) is 3. The predicted molar refractivity (Wildman–Crippen MR) is 66.3 cm³/mol. The second kappa shape index (κ2) is 5.91. The van der Waals surface area contributed by atoms with E-state index in [0.29, 0.717) is 5.56 Å². The van der Waals surface area contributed by atoms with Crippen LogP contribution < -0.4 is 10.5 Å². The molecular weight excluding hydrogens is 278 g/mol. The summed E-state index contributed by atoms with van der Waals surface area (Å²) in [6.45, 7) is -0.238. The highest BCUT2D eigenvalue weighted by atomic mass is 32.2. The summed E-state index contributed by atoms with van der Waals surface area (Å²) in [5.41, 5.74) is 0.640. The molecule has 0 aliphatic rings. The van der Waals surface area contributed by atoms with Crippen LogP contribution >= 0.6 is 0 Å². The number of alkyl halides is 2. The average molecular weight is 294 g/mol. The molecule has 0 aromatic heterocycles. The van der Waals surface area contributed by atoms with Crippen LogP contribution in [0.2, 0.25) is 0 Å². The van der Waals surface area contributed by atoms with Gasteiger partial charge in [-0.15, -0.1) is 0 Å². The summed E-state index contributed by atoms with van der Waals surface area (Å²) in [4.78, 5) is -0.0378. The molecule has 1 aromatic carbocycles. The fourth-order valence-corrected chi connectivity index (χ4v) is 1.94. The van der Waals surface area contributed by atoms with Crippen molar-refractivity contribution >= 4 is 10.0 Å². The van der Waals surface area contributed by atoms with Crippen molar-refractivity contribution in [1.29, 1.82) is 0 Å². The predicted octanol–water partition coefficient (Wildman–Crippen LogP) is 0.612. The lowest BCUT2D eigenvalue weighted by molar-refractivity contribution is -0.0490. The fraction of sp³-hybridized carbons (Fsp3) is 0.455. The lowest BCUT2D eigenvalue weighted by Crippen LogP contribution is -2.37. The van der Waals surface area contributed by atoms with Crippen LogP contribution in [0.3, 0.4) is 0 Å². The van der Waals surface area contributed by atoms with Gasteiger partial charge >= 0.3 is 0 Å². The number of aliphatic hydroxyl groups excluding tert-OH is 1. The number of nitrogens with two attached hydrogens (primary N) is 1. The summed E-state index contributed by atoms with van der Waals surface area (Å²) in [5.74, 6) is -3.19. The van der Waals surface area contributed by atoms with Crippen molar-refractivity contribution in [2.24, 2.45) is 5.14 Å². The lowest BCUT2D eigenvalue weighted by Gasteiger charge is -2.19. The standard InChI is InChI=1S/C11H16F2N2O3S/c1-8(15-6-11(12,13)7-16)9-2-4-10(5-3-9)19(14,17)18/h2-5,8,15-16H,6-7H2,1H3,(H2,14,17,18). The van der Waals surface area contributed by atoms with Gasteiger partial charge in [-0.05, 0) is 24.6 Å². The molecule has 1 unspecified atom stereocenters. The Bertz CT molecular complexity index is 517. The molecule has 19 heavy (non-hydrogen) atoms. The molecule has 0 amide bonds. The minimum atomic E-state index is -3.76. The summed E-state index contributed by atoms with van der Waals surface area (Å²) < 4.78 is 47.8. The van der Waals surface area contributed by atoms with E-state index < -0.39 is 35.1 Å². The number of halogens is 2. The van der Waals surface area contributed by atoms with Crippen molar-refractivity contribution in [3.63, 3.8) is 0 Å². The van der Waals surface area contributed by atoms with Gasteiger partial charge in [0.15, 0.2) is 0 Å². The molecule has 1 aromatic rings. The fourth-order valence-electron chi connectivity index (χ4n) is 1.42. The summed E-state index contributed by atoms with van der Waals surface area (Å²) in [7, 11) is -3.76. The molecule has 0 saturated heterocycles. The van der Waals surface area contributed by atoms with Gasteiger partial charge < -0.3 is 10.4 Å². The van der Waals surface area contributed by atoms with Crippen molar-refractivity contribution in [3.8, 4) is 0 Å². The number of primary sulfonamides is 1. The second-order valence-corrected chi connectivity index (χ2v) is 5.79. The minimum absolute atomic E-state index is 0.0378. The van der Waals surface area contributed by atoms with Gasteiger partial charge in [-0.3, -0.25) is 0 Å². The molecule has 0 spiro atoms. The number of sulfonamides is 1. The van der Waals surface area contributed by atoms with Crippen molar-refractivity contribution in [3.05, 3.63) is 29.8 Å². The first kappa shape index (κ1) is 16.0. The molecule has 0 aliphatic heterocycles. The van der Waals surface area contributed by atoms with Gasteiger partial charge in [0.1, 0.15) is 6.61 Å². The Morgan fingerprint density at radius 2 is 1.89 bits per heavy atom. The zero-order valence-corrected chi connectivity index (χ0v) is 11.1. The number of nitrogens with one attached hydrogen (secondary N) is 1. The van der Waals surface area contributed by atoms with E-state index in [1.807, 2.05) is 0 Å². The normalized spacial score (nSPS) is 14.4. The molecule has 8 heteroatoms. The van der Waals surface area contributed by atoms with Gasteiger partial charge in [0.2, 0.25) is 10.0 Å². The molecule has 0 aliphatic carbocycles. The van der Waals surface area contributed by atoms with Crippen molar-refractivity contribution in [1.82, 2.24) is 5.32 Å². The molecule has 5 nitrogen and oxygen atoms in total. The number of rotatable bonds is 6. The Hall–Kier alpha value is -1.09. The zero-order valence-electron chi connectivity index (χ0n) is 10.3. The maximum atomic E-state index is 12.8. The molecule has 0 fully saturated rings. The molecule has 0 radical (unpaired) electrons. The van der Waals surface area contributed by atoms with Gasteiger partial charge in [-0.2, -0.15) is 0 Å². The molecule has 4 N–H and O–H groups in total. The van der Waals surface area contributed by atoms with E-state index in [1.165, 1.54) is 24.3 Å². The molecule has 1 atom stereocenters. The average Bonchev–Trinajstić information content (AvgIpc) is 2.35. The van der Waals surface area contributed by atoms with Crippen LogP contribution in [0.4, 0.5) is 8.78 Å². The van der Waals surface area contributed by atoms with Crippen molar-refractivity contribution < 1.29 is 22.3 Å². The second-order valence-electron chi connectivity index (χ2n) is 4.23. The third-order valence-corrected chi connectivity index (χ3v) is 3.54. The van der Waals surface area contributed by atoms with Crippen LogP contribution in [0.15, 0.2) is 29.2 Å². The highest BCUT2D eigenvalue weighted by molar-refractivity contribution is 7.89. The third-order valence-electron chi connectivity index (χ3n) is 2.61. The van der Waals surface area contributed by atoms with E-state index >= 15 is 0 Å². The number of hydrogen-bond acceptors (Lipinski definition) is 4.